The van der Waals surface area contributed by atoms with Crippen LogP contribution in [0.4, 0.5) is 15.8 Å². The summed E-state index contributed by atoms with van der Waals surface area (Å²) < 4.78 is 35.0. The van der Waals surface area contributed by atoms with Gasteiger partial charge in [0, 0.05) is 18.9 Å². The molecule has 0 spiro atoms. The molecule has 1 aliphatic rings. The summed E-state index contributed by atoms with van der Waals surface area (Å²) in [5.74, 6) is -1.36. The van der Waals surface area contributed by atoms with Gasteiger partial charge in [0.05, 0.1) is 17.1 Å². The number of carbonyl (C=O) groups excluding carboxylic acids is 1. The van der Waals surface area contributed by atoms with Gasteiger partial charge < -0.3 is 10.6 Å². The Hall–Kier alpha value is -1.67. The predicted octanol–water partition coefficient (Wildman–Crippen LogP) is 0.0493. The van der Waals surface area contributed by atoms with E-state index < -0.39 is 15.8 Å². The van der Waals surface area contributed by atoms with Gasteiger partial charge in [0.15, 0.2) is 0 Å². The molecule has 8 heteroatoms. The molecule has 1 fully saturated rings. The normalized spacial score (nSPS) is 20.0. The van der Waals surface area contributed by atoms with Crippen LogP contribution < -0.4 is 15.8 Å². The Bertz CT molecular complexity index is 618. The Morgan fingerprint density at radius 3 is 2.68 bits per heavy atom. The first-order valence-electron chi connectivity index (χ1n) is 5.62. The Balaban J connectivity index is 2.20. The van der Waals surface area contributed by atoms with Crippen LogP contribution in [0.25, 0.3) is 0 Å². The van der Waals surface area contributed by atoms with Gasteiger partial charge in [-0.25, -0.2) is 17.9 Å². The van der Waals surface area contributed by atoms with Crippen molar-refractivity contribution in [1.82, 2.24) is 0 Å². The lowest BCUT2D eigenvalue weighted by atomic mass is 10.1. The van der Waals surface area contributed by atoms with Gasteiger partial charge in [0.1, 0.15) is 5.82 Å². The van der Waals surface area contributed by atoms with E-state index in [2.05, 4.69) is 0 Å². The van der Waals surface area contributed by atoms with Gasteiger partial charge in [-0.05, 0) is 18.2 Å². The summed E-state index contributed by atoms with van der Waals surface area (Å²) in [7, 11) is -3.62. The molecule has 1 aromatic carbocycles. The van der Waals surface area contributed by atoms with Crippen LogP contribution in [0.5, 0.6) is 0 Å². The van der Waals surface area contributed by atoms with E-state index in [-0.39, 0.29) is 36.2 Å². The van der Waals surface area contributed by atoms with E-state index in [9.17, 15) is 17.6 Å². The SMILES string of the molecule is Nc1cc(F)ccc1N1CC(CS(N)(=O)=O)CC1=O. The number of amides is 1. The molecule has 0 bridgehead atoms. The molecule has 1 heterocycles. The molecule has 1 aliphatic heterocycles. The summed E-state index contributed by atoms with van der Waals surface area (Å²) in [5.41, 5.74) is 6.19. The maximum absolute atomic E-state index is 13.0. The molecule has 2 rings (SSSR count). The minimum absolute atomic E-state index is 0.0905. The van der Waals surface area contributed by atoms with Crippen molar-refractivity contribution in [2.75, 3.05) is 22.9 Å². The highest BCUT2D eigenvalue weighted by Crippen LogP contribution is 2.30. The molecular formula is C11H14FN3O3S. The molecule has 1 saturated heterocycles. The highest BCUT2D eigenvalue weighted by molar-refractivity contribution is 7.89. The van der Waals surface area contributed by atoms with Crippen LogP contribution >= 0.6 is 0 Å². The Morgan fingerprint density at radius 2 is 2.11 bits per heavy atom. The Kier molecular flexibility index (Phi) is 3.46. The summed E-state index contributed by atoms with van der Waals surface area (Å²) in [6, 6.07) is 3.73. The third kappa shape index (κ3) is 3.21. The Labute approximate surface area is 110 Å². The van der Waals surface area contributed by atoms with Crippen LogP contribution in [0, 0.1) is 11.7 Å². The zero-order valence-electron chi connectivity index (χ0n) is 10.0. The lowest BCUT2D eigenvalue weighted by molar-refractivity contribution is -0.117. The summed E-state index contributed by atoms with van der Waals surface area (Å²) in [5, 5.41) is 4.96. The summed E-state index contributed by atoms with van der Waals surface area (Å²) in [6.07, 6.45) is 0.0905. The van der Waals surface area contributed by atoms with Crippen molar-refractivity contribution < 1.29 is 17.6 Å². The van der Waals surface area contributed by atoms with Gasteiger partial charge in [-0.1, -0.05) is 0 Å². The lowest BCUT2D eigenvalue weighted by Gasteiger charge is -2.18. The second-order valence-corrected chi connectivity index (χ2v) is 6.27. The van der Waals surface area contributed by atoms with E-state index in [1.807, 2.05) is 0 Å². The number of nitrogens with two attached hydrogens (primary N) is 2. The highest BCUT2D eigenvalue weighted by atomic mass is 32.2. The van der Waals surface area contributed by atoms with E-state index in [0.29, 0.717) is 5.69 Å². The number of primary sulfonamides is 1. The number of anilines is 2. The number of rotatable bonds is 3. The van der Waals surface area contributed by atoms with Crippen molar-refractivity contribution in [2.45, 2.75) is 6.42 Å². The molecule has 1 aromatic rings. The molecule has 4 N–H and O–H groups in total. The molecule has 1 unspecified atom stereocenters. The number of benzene rings is 1. The molecular weight excluding hydrogens is 273 g/mol. The van der Waals surface area contributed by atoms with Crippen molar-refractivity contribution in [3.05, 3.63) is 24.0 Å². The van der Waals surface area contributed by atoms with Gasteiger partial charge in [-0.2, -0.15) is 0 Å². The van der Waals surface area contributed by atoms with E-state index in [1.54, 1.807) is 0 Å². The van der Waals surface area contributed by atoms with Crippen LogP contribution in [0.3, 0.4) is 0 Å². The van der Waals surface area contributed by atoms with Gasteiger partial charge in [0.25, 0.3) is 0 Å². The second kappa shape index (κ2) is 4.78. The lowest BCUT2D eigenvalue weighted by Crippen LogP contribution is -2.28. The van der Waals surface area contributed by atoms with Crippen LogP contribution in [0.2, 0.25) is 0 Å². The van der Waals surface area contributed by atoms with E-state index in [1.165, 1.54) is 17.0 Å². The average molecular weight is 287 g/mol. The third-order valence-corrected chi connectivity index (χ3v) is 3.89. The quantitative estimate of drug-likeness (QED) is 0.766. The zero-order chi connectivity index (χ0) is 14.2. The van der Waals surface area contributed by atoms with Gasteiger partial charge in [-0.3, -0.25) is 4.79 Å². The molecule has 104 valence electrons. The van der Waals surface area contributed by atoms with Crippen molar-refractivity contribution in [3.63, 3.8) is 0 Å². The molecule has 6 nitrogen and oxygen atoms in total. The molecule has 0 aliphatic carbocycles. The maximum atomic E-state index is 13.0. The van der Waals surface area contributed by atoms with Crippen molar-refractivity contribution >= 4 is 27.3 Å². The largest absolute Gasteiger partial charge is 0.397 e. The number of halogens is 1. The molecule has 19 heavy (non-hydrogen) atoms. The van der Waals surface area contributed by atoms with Gasteiger partial charge in [0.2, 0.25) is 15.9 Å². The first kappa shape index (κ1) is 13.8. The van der Waals surface area contributed by atoms with E-state index in [0.717, 1.165) is 6.07 Å². The fourth-order valence-electron chi connectivity index (χ4n) is 2.23. The third-order valence-electron chi connectivity index (χ3n) is 2.95. The monoisotopic (exact) mass is 287 g/mol. The summed E-state index contributed by atoms with van der Waals surface area (Å²) >= 11 is 0. The zero-order valence-corrected chi connectivity index (χ0v) is 10.9. The van der Waals surface area contributed by atoms with Crippen LogP contribution in [0.15, 0.2) is 18.2 Å². The van der Waals surface area contributed by atoms with Crippen molar-refractivity contribution in [2.24, 2.45) is 11.1 Å². The number of nitrogen functional groups attached to an aromatic ring is 1. The fraction of sp³-hybridized carbons (Fsp3) is 0.364. The van der Waals surface area contributed by atoms with Crippen LogP contribution in [0.1, 0.15) is 6.42 Å². The molecule has 1 amide bonds. The first-order valence-corrected chi connectivity index (χ1v) is 7.33. The number of nitrogens with zero attached hydrogens (tertiary/aromatic N) is 1. The molecule has 0 radical (unpaired) electrons. The molecule has 0 aromatic heterocycles. The van der Waals surface area contributed by atoms with Crippen LogP contribution in [-0.4, -0.2) is 26.6 Å². The van der Waals surface area contributed by atoms with Crippen LogP contribution in [-0.2, 0) is 14.8 Å². The molecule has 0 saturated carbocycles. The van der Waals surface area contributed by atoms with Crippen molar-refractivity contribution in [3.8, 4) is 0 Å². The summed E-state index contributed by atoms with van der Waals surface area (Å²) in [4.78, 5) is 13.2. The summed E-state index contributed by atoms with van der Waals surface area (Å²) in [6.45, 7) is 0.213. The van der Waals surface area contributed by atoms with E-state index >= 15 is 0 Å². The Morgan fingerprint density at radius 1 is 1.42 bits per heavy atom. The highest BCUT2D eigenvalue weighted by Gasteiger charge is 2.33. The molecule has 1 atom stereocenters. The predicted molar refractivity (Wildman–Crippen MR) is 69.2 cm³/mol. The minimum Gasteiger partial charge on any atom is -0.397 e. The van der Waals surface area contributed by atoms with E-state index in [4.69, 9.17) is 10.9 Å². The van der Waals surface area contributed by atoms with Crippen molar-refractivity contribution in [1.29, 1.82) is 0 Å². The van der Waals surface area contributed by atoms with Gasteiger partial charge in [-0.15, -0.1) is 0 Å². The minimum atomic E-state index is -3.62. The average Bonchev–Trinajstić information content (AvgIpc) is 2.56. The fourth-order valence-corrected chi connectivity index (χ4v) is 3.11. The number of hydrogen-bond acceptors (Lipinski definition) is 4. The number of sulfonamides is 1. The number of carbonyl (C=O) groups is 1. The first-order chi connectivity index (χ1) is 8.76. The maximum Gasteiger partial charge on any atom is 0.227 e. The topological polar surface area (TPSA) is 106 Å². The standard InChI is InChI=1S/C11H14FN3O3S/c12-8-1-2-10(9(13)4-8)15-5-7(3-11(15)16)6-19(14,17)18/h1-2,4,7H,3,5-6,13H2,(H2,14,17,18). The smallest absolute Gasteiger partial charge is 0.227 e. The second-order valence-electron chi connectivity index (χ2n) is 4.61. The van der Waals surface area contributed by atoms with Gasteiger partial charge >= 0.3 is 0 Å². The number of hydrogen-bond donors (Lipinski definition) is 2.